The Balaban J connectivity index is 1.55. The van der Waals surface area contributed by atoms with Crippen molar-refractivity contribution in [2.75, 3.05) is 10.8 Å². The first-order chi connectivity index (χ1) is 17.0. The number of ether oxygens (including phenoxy) is 1. The number of benzene rings is 3. The van der Waals surface area contributed by atoms with E-state index in [1.54, 1.807) is 54.6 Å². The first kappa shape index (κ1) is 24.8. The van der Waals surface area contributed by atoms with Crippen LogP contribution in [0.25, 0.3) is 0 Å². The van der Waals surface area contributed by atoms with Crippen LogP contribution in [0.2, 0.25) is 0 Å². The van der Waals surface area contributed by atoms with E-state index in [0.29, 0.717) is 17.2 Å². The molecule has 0 atom stereocenters. The highest BCUT2D eigenvalue weighted by Gasteiger charge is 2.28. The molecule has 6 nitrogen and oxygen atoms in total. The third-order valence-corrected chi connectivity index (χ3v) is 7.98. The molecule has 3 aromatic rings. The number of anilines is 1. The Kier molecular flexibility index (Phi) is 8.42. The van der Waals surface area contributed by atoms with Crippen molar-refractivity contribution < 1.29 is 17.9 Å². The van der Waals surface area contributed by atoms with Crippen LogP contribution in [0.15, 0.2) is 89.8 Å². The lowest BCUT2D eigenvalue weighted by Crippen LogP contribution is -2.44. The van der Waals surface area contributed by atoms with Crippen molar-refractivity contribution >= 4 is 21.6 Å². The fraction of sp³-hybridized carbons (Fsp3) is 0.321. The van der Waals surface area contributed by atoms with Crippen molar-refractivity contribution in [2.45, 2.75) is 55.9 Å². The van der Waals surface area contributed by atoms with Gasteiger partial charge in [0.05, 0.1) is 10.6 Å². The summed E-state index contributed by atoms with van der Waals surface area (Å²) in [5, 5.41) is 3.08. The summed E-state index contributed by atoms with van der Waals surface area (Å²) in [5.41, 5.74) is 0.405. The van der Waals surface area contributed by atoms with Crippen LogP contribution in [0.5, 0.6) is 11.5 Å². The topological polar surface area (TPSA) is 75.7 Å². The molecule has 35 heavy (non-hydrogen) atoms. The van der Waals surface area contributed by atoms with Gasteiger partial charge in [0.2, 0.25) is 5.91 Å². The maximum absolute atomic E-state index is 13.6. The predicted molar refractivity (Wildman–Crippen MR) is 138 cm³/mol. The lowest BCUT2D eigenvalue weighted by atomic mass is 9.97. The van der Waals surface area contributed by atoms with Crippen LogP contribution in [-0.2, 0) is 14.8 Å². The summed E-state index contributed by atoms with van der Waals surface area (Å²) >= 11 is 0. The Morgan fingerprint density at radius 3 is 1.94 bits per heavy atom. The number of nitrogens with zero attached hydrogens (tertiary/aromatic N) is 1. The van der Waals surface area contributed by atoms with Gasteiger partial charge in [-0.3, -0.25) is 9.10 Å². The highest BCUT2D eigenvalue weighted by atomic mass is 32.2. The molecule has 0 heterocycles. The molecule has 1 aliphatic rings. The summed E-state index contributed by atoms with van der Waals surface area (Å²) in [6.45, 7) is -0.285. The maximum Gasteiger partial charge on any atom is 0.264 e. The number of sulfonamides is 1. The lowest BCUT2D eigenvalue weighted by molar-refractivity contribution is -0.120. The molecule has 0 aliphatic heterocycles. The third-order valence-electron chi connectivity index (χ3n) is 6.19. The van der Waals surface area contributed by atoms with E-state index in [2.05, 4.69) is 5.32 Å². The molecule has 1 fully saturated rings. The molecule has 0 saturated heterocycles. The average Bonchev–Trinajstić information content (AvgIpc) is 2.86. The van der Waals surface area contributed by atoms with Crippen LogP contribution in [0, 0.1) is 0 Å². The Bertz CT molecular complexity index is 1170. The standard InChI is InChI=1S/C28H32N2O4S/c31-28(29-23-12-6-2-1-3-7-13-23)22-30(35(32,33)27-16-10-5-11-17-27)24-18-20-26(21-19-24)34-25-14-8-4-9-15-25/h4-5,8-11,14-21,23H,1-3,6-7,12-13,22H2,(H,29,31). The van der Waals surface area contributed by atoms with Gasteiger partial charge in [-0.05, 0) is 61.4 Å². The number of carbonyl (C=O) groups excluding carboxylic acids is 1. The second-order valence-electron chi connectivity index (χ2n) is 8.84. The molecule has 184 valence electrons. The molecule has 3 aromatic carbocycles. The van der Waals surface area contributed by atoms with Crippen molar-refractivity contribution in [2.24, 2.45) is 0 Å². The van der Waals surface area contributed by atoms with Gasteiger partial charge in [-0.1, -0.05) is 68.5 Å². The van der Waals surface area contributed by atoms with Gasteiger partial charge < -0.3 is 10.1 Å². The zero-order valence-electron chi connectivity index (χ0n) is 19.8. The second-order valence-corrected chi connectivity index (χ2v) is 10.7. The Hall–Kier alpha value is -3.32. The Morgan fingerprint density at radius 1 is 0.771 bits per heavy atom. The molecular weight excluding hydrogens is 460 g/mol. The van der Waals surface area contributed by atoms with Gasteiger partial charge >= 0.3 is 0 Å². The summed E-state index contributed by atoms with van der Waals surface area (Å²) < 4.78 is 34.1. The molecule has 1 saturated carbocycles. The first-order valence-corrected chi connectivity index (χ1v) is 13.7. The molecule has 0 radical (unpaired) electrons. The van der Waals surface area contributed by atoms with E-state index in [0.717, 1.165) is 25.7 Å². The van der Waals surface area contributed by atoms with Gasteiger partial charge in [-0.15, -0.1) is 0 Å². The fourth-order valence-electron chi connectivity index (χ4n) is 4.34. The summed E-state index contributed by atoms with van der Waals surface area (Å²) in [7, 11) is -3.94. The van der Waals surface area contributed by atoms with Crippen molar-refractivity contribution in [3.8, 4) is 11.5 Å². The van der Waals surface area contributed by atoms with Crippen molar-refractivity contribution in [3.05, 3.63) is 84.9 Å². The predicted octanol–water partition coefficient (Wildman–Crippen LogP) is 5.90. The number of nitrogens with one attached hydrogen (secondary N) is 1. The number of hydrogen-bond acceptors (Lipinski definition) is 4. The van der Waals surface area contributed by atoms with Gasteiger partial charge in [0, 0.05) is 6.04 Å². The monoisotopic (exact) mass is 492 g/mol. The van der Waals surface area contributed by atoms with Crippen molar-refractivity contribution in [1.82, 2.24) is 5.32 Å². The molecule has 4 rings (SSSR count). The quantitative estimate of drug-likeness (QED) is 0.425. The molecule has 1 N–H and O–H groups in total. The van der Waals surface area contributed by atoms with Gasteiger partial charge in [-0.25, -0.2) is 8.42 Å². The number of para-hydroxylation sites is 1. The van der Waals surface area contributed by atoms with Crippen molar-refractivity contribution in [1.29, 1.82) is 0 Å². The van der Waals surface area contributed by atoms with Crippen LogP contribution in [-0.4, -0.2) is 26.9 Å². The van der Waals surface area contributed by atoms with Crippen LogP contribution < -0.4 is 14.4 Å². The Morgan fingerprint density at radius 2 is 1.31 bits per heavy atom. The molecule has 0 unspecified atom stereocenters. The molecule has 7 heteroatoms. The van der Waals surface area contributed by atoms with E-state index in [1.165, 1.54) is 23.6 Å². The van der Waals surface area contributed by atoms with E-state index in [9.17, 15) is 13.2 Å². The molecule has 0 bridgehead atoms. The van der Waals surface area contributed by atoms with E-state index >= 15 is 0 Å². The van der Waals surface area contributed by atoms with Crippen LogP contribution >= 0.6 is 0 Å². The summed E-state index contributed by atoms with van der Waals surface area (Å²) in [6, 6.07) is 24.4. The number of carbonyl (C=O) groups is 1. The number of amides is 1. The zero-order valence-corrected chi connectivity index (χ0v) is 20.6. The van der Waals surface area contributed by atoms with Gasteiger partial charge in [0.1, 0.15) is 18.0 Å². The van der Waals surface area contributed by atoms with Gasteiger partial charge in [-0.2, -0.15) is 0 Å². The summed E-state index contributed by atoms with van der Waals surface area (Å²) in [5.74, 6) is 0.975. The largest absolute Gasteiger partial charge is 0.457 e. The SMILES string of the molecule is O=C(CN(c1ccc(Oc2ccccc2)cc1)S(=O)(=O)c1ccccc1)NC1CCCCCCC1. The van der Waals surface area contributed by atoms with E-state index in [1.807, 2.05) is 30.3 Å². The molecule has 0 aromatic heterocycles. The zero-order chi connectivity index (χ0) is 24.5. The van der Waals surface area contributed by atoms with Gasteiger partial charge in [0.25, 0.3) is 10.0 Å². The van der Waals surface area contributed by atoms with Crippen LogP contribution in [0.4, 0.5) is 5.69 Å². The smallest absolute Gasteiger partial charge is 0.264 e. The van der Waals surface area contributed by atoms with Crippen LogP contribution in [0.3, 0.4) is 0 Å². The molecule has 1 amide bonds. The van der Waals surface area contributed by atoms with E-state index < -0.39 is 10.0 Å². The summed E-state index contributed by atoms with van der Waals surface area (Å²) in [6.07, 6.45) is 7.63. The first-order valence-electron chi connectivity index (χ1n) is 12.2. The highest BCUT2D eigenvalue weighted by Crippen LogP contribution is 2.28. The van der Waals surface area contributed by atoms with E-state index in [4.69, 9.17) is 4.74 Å². The van der Waals surface area contributed by atoms with Gasteiger partial charge in [0.15, 0.2) is 0 Å². The number of rotatable bonds is 8. The fourth-order valence-corrected chi connectivity index (χ4v) is 5.79. The minimum Gasteiger partial charge on any atom is -0.457 e. The van der Waals surface area contributed by atoms with E-state index in [-0.39, 0.29) is 23.4 Å². The average molecular weight is 493 g/mol. The molecule has 0 spiro atoms. The van der Waals surface area contributed by atoms with Crippen LogP contribution in [0.1, 0.15) is 44.9 Å². The second kappa shape index (κ2) is 11.9. The third kappa shape index (κ3) is 6.85. The molecule has 1 aliphatic carbocycles. The number of hydrogen-bond donors (Lipinski definition) is 1. The lowest BCUT2D eigenvalue weighted by Gasteiger charge is -2.26. The Labute approximate surface area is 208 Å². The van der Waals surface area contributed by atoms with Crippen molar-refractivity contribution in [3.63, 3.8) is 0 Å². The normalized spacial score (nSPS) is 15.0. The minimum atomic E-state index is -3.94. The maximum atomic E-state index is 13.6. The highest BCUT2D eigenvalue weighted by molar-refractivity contribution is 7.92. The molecular formula is C28H32N2O4S. The minimum absolute atomic E-state index is 0.0886. The summed E-state index contributed by atoms with van der Waals surface area (Å²) in [4.78, 5) is 13.2.